The van der Waals surface area contributed by atoms with E-state index in [1.54, 1.807) is 11.9 Å². The Balaban J connectivity index is 3.44. The number of carbonyl (C=O) groups is 2. The lowest BCUT2D eigenvalue weighted by Crippen LogP contribution is -2.36. The van der Waals surface area contributed by atoms with Gasteiger partial charge in [0.15, 0.2) is 0 Å². The lowest BCUT2D eigenvalue weighted by molar-refractivity contribution is -0.137. The molecular weight excluding hydrogens is 200 g/mol. The number of carboxylic acids is 1. The predicted octanol–water partition coefficient (Wildman–Crippen LogP) is -1.11. The Morgan fingerprint density at radius 3 is 2.60 bits per heavy atom. The highest BCUT2D eigenvalue weighted by molar-refractivity contribution is 5.78. The van der Waals surface area contributed by atoms with E-state index in [2.05, 4.69) is 5.32 Å². The van der Waals surface area contributed by atoms with Crippen LogP contribution in [0.5, 0.6) is 0 Å². The highest BCUT2D eigenvalue weighted by Gasteiger charge is 2.05. The molecule has 3 N–H and O–H groups in total. The third-order valence-corrected chi connectivity index (χ3v) is 1.78. The first-order valence-corrected chi connectivity index (χ1v) is 4.84. The van der Waals surface area contributed by atoms with Gasteiger partial charge < -0.3 is 15.5 Å². The molecule has 0 aliphatic carbocycles. The molecule has 0 fully saturated rings. The van der Waals surface area contributed by atoms with Crippen LogP contribution in [0.15, 0.2) is 0 Å². The van der Waals surface area contributed by atoms with Gasteiger partial charge in [0.25, 0.3) is 0 Å². The van der Waals surface area contributed by atoms with Crippen LogP contribution in [0.3, 0.4) is 0 Å². The van der Waals surface area contributed by atoms with Crippen LogP contribution >= 0.6 is 0 Å². The number of nitrogens with zero attached hydrogens (tertiary/aromatic N) is 1. The van der Waals surface area contributed by atoms with E-state index in [9.17, 15) is 9.59 Å². The van der Waals surface area contributed by atoms with E-state index in [4.69, 9.17) is 10.2 Å². The van der Waals surface area contributed by atoms with Crippen LogP contribution in [0.4, 0.5) is 0 Å². The summed E-state index contributed by atoms with van der Waals surface area (Å²) in [5.41, 5.74) is 0. The Morgan fingerprint density at radius 1 is 1.40 bits per heavy atom. The molecule has 0 aliphatic heterocycles. The molecule has 0 rings (SSSR count). The Bertz CT molecular complexity index is 208. The fourth-order valence-corrected chi connectivity index (χ4v) is 1.02. The average molecular weight is 218 g/mol. The quantitative estimate of drug-likeness (QED) is 0.449. The summed E-state index contributed by atoms with van der Waals surface area (Å²) in [6.07, 6.45) is 0.498. The maximum absolute atomic E-state index is 11.2. The third-order valence-electron chi connectivity index (χ3n) is 1.78. The van der Waals surface area contributed by atoms with E-state index in [1.807, 2.05) is 0 Å². The molecule has 0 radical (unpaired) electrons. The SMILES string of the molecule is CN(CCO)CC(=O)NCCCC(=O)O. The van der Waals surface area contributed by atoms with Gasteiger partial charge in [0.05, 0.1) is 13.2 Å². The van der Waals surface area contributed by atoms with E-state index in [0.717, 1.165) is 0 Å². The highest BCUT2D eigenvalue weighted by atomic mass is 16.4. The smallest absolute Gasteiger partial charge is 0.303 e. The number of likely N-dealkylation sites (N-methyl/N-ethyl adjacent to an activating group) is 1. The average Bonchev–Trinajstić information content (AvgIpc) is 2.12. The van der Waals surface area contributed by atoms with Crippen LogP contribution in [0, 0.1) is 0 Å². The van der Waals surface area contributed by atoms with Crippen LogP contribution in [0.25, 0.3) is 0 Å². The molecule has 0 aliphatic rings. The summed E-state index contributed by atoms with van der Waals surface area (Å²) in [6.45, 7) is 1.05. The Hall–Kier alpha value is -1.14. The van der Waals surface area contributed by atoms with E-state index >= 15 is 0 Å². The molecule has 0 heterocycles. The number of carboxylic acid groups (broad SMARTS) is 1. The van der Waals surface area contributed by atoms with Crippen LogP contribution in [-0.2, 0) is 9.59 Å². The van der Waals surface area contributed by atoms with Crippen molar-refractivity contribution < 1.29 is 19.8 Å². The largest absolute Gasteiger partial charge is 0.481 e. The van der Waals surface area contributed by atoms with Gasteiger partial charge in [-0.25, -0.2) is 0 Å². The van der Waals surface area contributed by atoms with Crippen molar-refractivity contribution in [2.24, 2.45) is 0 Å². The van der Waals surface area contributed by atoms with Gasteiger partial charge in [-0.15, -0.1) is 0 Å². The van der Waals surface area contributed by atoms with Crippen molar-refractivity contribution in [2.45, 2.75) is 12.8 Å². The second-order valence-electron chi connectivity index (χ2n) is 3.31. The van der Waals surface area contributed by atoms with Crippen molar-refractivity contribution in [2.75, 3.05) is 33.3 Å². The standard InChI is InChI=1S/C9H18N2O4/c1-11(5-6-12)7-8(13)10-4-2-3-9(14)15/h12H,2-7H2,1H3,(H,10,13)(H,14,15). The fourth-order valence-electron chi connectivity index (χ4n) is 1.02. The maximum Gasteiger partial charge on any atom is 0.303 e. The van der Waals surface area contributed by atoms with Gasteiger partial charge in [-0.3, -0.25) is 14.5 Å². The number of carbonyl (C=O) groups excluding carboxylic acids is 1. The van der Waals surface area contributed by atoms with Crippen molar-refractivity contribution in [3.63, 3.8) is 0 Å². The Labute approximate surface area is 88.9 Å². The lowest BCUT2D eigenvalue weighted by Gasteiger charge is -2.14. The highest BCUT2D eigenvalue weighted by Crippen LogP contribution is 1.86. The fraction of sp³-hybridized carbons (Fsp3) is 0.778. The molecule has 0 aromatic heterocycles. The molecule has 0 atom stereocenters. The Kier molecular flexibility index (Phi) is 7.57. The van der Waals surface area contributed by atoms with Crippen LogP contribution in [0.2, 0.25) is 0 Å². The molecule has 0 spiro atoms. The van der Waals surface area contributed by atoms with Gasteiger partial charge in [0.2, 0.25) is 5.91 Å². The van der Waals surface area contributed by atoms with Crippen molar-refractivity contribution in [1.82, 2.24) is 10.2 Å². The molecule has 6 heteroatoms. The molecule has 15 heavy (non-hydrogen) atoms. The number of aliphatic carboxylic acids is 1. The summed E-state index contributed by atoms with van der Waals surface area (Å²) < 4.78 is 0. The van der Waals surface area contributed by atoms with Crippen molar-refractivity contribution in [1.29, 1.82) is 0 Å². The van der Waals surface area contributed by atoms with Gasteiger partial charge in [0.1, 0.15) is 0 Å². The summed E-state index contributed by atoms with van der Waals surface area (Å²) >= 11 is 0. The van der Waals surface area contributed by atoms with Gasteiger partial charge >= 0.3 is 5.97 Å². The zero-order valence-electron chi connectivity index (χ0n) is 8.90. The number of aliphatic hydroxyl groups is 1. The minimum absolute atomic E-state index is 0.0167. The first kappa shape index (κ1) is 13.9. The molecule has 88 valence electrons. The number of hydrogen-bond acceptors (Lipinski definition) is 4. The second-order valence-corrected chi connectivity index (χ2v) is 3.31. The monoisotopic (exact) mass is 218 g/mol. The van der Waals surface area contributed by atoms with Gasteiger partial charge in [-0.2, -0.15) is 0 Å². The van der Waals surface area contributed by atoms with E-state index in [0.29, 0.717) is 19.5 Å². The predicted molar refractivity (Wildman–Crippen MR) is 54.5 cm³/mol. The summed E-state index contributed by atoms with van der Waals surface area (Å²) in [5, 5.41) is 19.5. The lowest BCUT2D eigenvalue weighted by atomic mass is 10.3. The summed E-state index contributed by atoms with van der Waals surface area (Å²) in [6, 6.07) is 0. The molecule has 0 bridgehead atoms. The summed E-state index contributed by atoms with van der Waals surface area (Å²) in [4.78, 5) is 23.0. The summed E-state index contributed by atoms with van der Waals surface area (Å²) in [7, 11) is 1.73. The van der Waals surface area contributed by atoms with Crippen molar-refractivity contribution in [3.8, 4) is 0 Å². The van der Waals surface area contributed by atoms with E-state index in [-0.39, 0.29) is 25.5 Å². The van der Waals surface area contributed by atoms with Gasteiger partial charge in [-0.05, 0) is 13.5 Å². The normalized spacial score (nSPS) is 10.3. The molecule has 6 nitrogen and oxygen atoms in total. The molecular formula is C9H18N2O4. The Morgan fingerprint density at radius 2 is 2.07 bits per heavy atom. The van der Waals surface area contributed by atoms with Crippen molar-refractivity contribution in [3.05, 3.63) is 0 Å². The van der Waals surface area contributed by atoms with Crippen LogP contribution in [0.1, 0.15) is 12.8 Å². The van der Waals surface area contributed by atoms with Crippen molar-refractivity contribution >= 4 is 11.9 Å². The van der Waals surface area contributed by atoms with E-state index in [1.165, 1.54) is 0 Å². The van der Waals surface area contributed by atoms with Gasteiger partial charge in [0, 0.05) is 19.5 Å². The second kappa shape index (κ2) is 8.19. The first-order valence-electron chi connectivity index (χ1n) is 4.84. The van der Waals surface area contributed by atoms with Gasteiger partial charge in [-0.1, -0.05) is 0 Å². The summed E-state index contributed by atoms with van der Waals surface area (Å²) in [5.74, 6) is -1.02. The third kappa shape index (κ3) is 9.17. The molecule has 0 saturated carbocycles. The topological polar surface area (TPSA) is 89.9 Å². The zero-order chi connectivity index (χ0) is 11.7. The number of amides is 1. The molecule has 1 amide bonds. The zero-order valence-corrected chi connectivity index (χ0v) is 8.90. The van der Waals surface area contributed by atoms with E-state index < -0.39 is 5.97 Å². The van der Waals surface area contributed by atoms with Crippen LogP contribution < -0.4 is 5.32 Å². The number of aliphatic hydroxyl groups excluding tert-OH is 1. The molecule has 0 saturated heterocycles. The van der Waals surface area contributed by atoms with Crippen LogP contribution in [-0.4, -0.2) is 60.3 Å². The number of hydrogen-bond donors (Lipinski definition) is 3. The maximum atomic E-state index is 11.2. The number of nitrogens with one attached hydrogen (secondary N) is 1. The molecule has 0 unspecified atom stereocenters. The number of rotatable bonds is 8. The molecule has 0 aromatic rings. The molecule has 0 aromatic carbocycles. The first-order chi connectivity index (χ1) is 7.06. The minimum atomic E-state index is -0.860. The minimum Gasteiger partial charge on any atom is -0.481 e.